The second kappa shape index (κ2) is 6.26. The highest BCUT2D eigenvalue weighted by Crippen LogP contribution is 2.34. The number of amides is 1. The molecule has 0 bridgehead atoms. The van der Waals surface area contributed by atoms with Crippen molar-refractivity contribution < 1.29 is 4.79 Å². The summed E-state index contributed by atoms with van der Waals surface area (Å²) in [6.07, 6.45) is 0.485. The van der Waals surface area contributed by atoms with E-state index in [4.69, 9.17) is 5.73 Å². The Hall–Kier alpha value is -1.88. The molecule has 0 aliphatic heterocycles. The van der Waals surface area contributed by atoms with Crippen molar-refractivity contribution in [2.45, 2.75) is 34.1 Å². The van der Waals surface area contributed by atoms with Gasteiger partial charge in [0, 0.05) is 12.0 Å². The summed E-state index contributed by atoms with van der Waals surface area (Å²) in [6.45, 7) is 8.15. The quantitative estimate of drug-likeness (QED) is 0.897. The van der Waals surface area contributed by atoms with E-state index in [-0.39, 0.29) is 5.91 Å². The summed E-state index contributed by atoms with van der Waals surface area (Å²) in [5.41, 5.74) is 10.2. The monoisotopic (exact) mass is 303 g/mol. The van der Waals surface area contributed by atoms with Crippen LogP contribution in [-0.4, -0.2) is 10.9 Å². The number of nitrogens with one attached hydrogen (secondary N) is 1. The van der Waals surface area contributed by atoms with E-state index in [2.05, 4.69) is 36.3 Å². The number of hydrogen-bond donors (Lipinski definition) is 2. The molecule has 2 aromatic rings. The topological polar surface area (TPSA) is 68.0 Å². The molecular formula is C16H21N3OS. The summed E-state index contributed by atoms with van der Waals surface area (Å²) < 4.78 is 0. The van der Waals surface area contributed by atoms with Crippen LogP contribution in [0.1, 0.15) is 31.4 Å². The number of aromatic nitrogens is 1. The van der Waals surface area contributed by atoms with Gasteiger partial charge in [-0.3, -0.25) is 4.79 Å². The fraction of sp³-hybridized carbons (Fsp3) is 0.375. The first-order valence-electron chi connectivity index (χ1n) is 7.00. The van der Waals surface area contributed by atoms with Crippen molar-refractivity contribution >= 4 is 27.4 Å². The molecule has 1 amide bonds. The van der Waals surface area contributed by atoms with E-state index in [0.29, 0.717) is 22.5 Å². The molecular weight excluding hydrogens is 282 g/mol. The summed E-state index contributed by atoms with van der Waals surface area (Å²) in [6, 6.07) is 6.13. The van der Waals surface area contributed by atoms with Crippen LogP contribution in [0, 0.1) is 19.8 Å². The van der Waals surface area contributed by atoms with E-state index >= 15 is 0 Å². The van der Waals surface area contributed by atoms with Crippen molar-refractivity contribution in [2.75, 3.05) is 11.1 Å². The molecule has 0 atom stereocenters. The highest BCUT2D eigenvalue weighted by molar-refractivity contribution is 7.20. The van der Waals surface area contributed by atoms with Crippen LogP contribution >= 0.6 is 11.3 Å². The fourth-order valence-corrected chi connectivity index (χ4v) is 2.79. The first-order valence-corrected chi connectivity index (χ1v) is 7.82. The van der Waals surface area contributed by atoms with E-state index in [1.165, 1.54) is 22.5 Å². The van der Waals surface area contributed by atoms with Crippen LogP contribution in [0.2, 0.25) is 0 Å². The van der Waals surface area contributed by atoms with E-state index in [9.17, 15) is 4.79 Å². The Labute approximate surface area is 129 Å². The van der Waals surface area contributed by atoms with Gasteiger partial charge in [0.2, 0.25) is 5.91 Å². The lowest BCUT2D eigenvalue weighted by atomic mass is 10.0. The van der Waals surface area contributed by atoms with E-state index in [1.807, 2.05) is 19.9 Å². The third-order valence-corrected chi connectivity index (χ3v) is 4.07. The standard InChI is InChI=1S/C16H21N3OS/c1-9(2)7-13(20)18-16-19-14(15(17)21-16)12-6-5-10(3)11(4)8-12/h5-6,8-9H,7,17H2,1-4H3,(H,18,19,20). The Bertz CT molecular complexity index is 662. The third-order valence-electron chi connectivity index (χ3n) is 3.27. The number of thiazole rings is 1. The number of nitrogens with zero attached hydrogens (tertiary/aromatic N) is 1. The number of benzene rings is 1. The molecule has 0 unspecified atom stereocenters. The Kier molecular flexibility index (Phi) is 4.63. The molecule has 2 rings (SSSR count). The SMILES string of the molecule is Cc1ccc(-c2nc(NC(=O)CC(C)C)sc2N)cc1C. The van der Waals surface area contributed by atoms with Crippen LogP contribution in [0.15, 0.2) is 18.2 Å². The molecule has 3 N–H and O–H groups in total. The van der Waals surface area contributed by atoms with Gasteiger partial charge in [-0.15, -0.1) is 0 Å². The first kappa shape index (κ1) is 15.5. The molecule has 112 valence electrons. The van der Waals surface area contributed by atoms with E-state index < -0.39 is 0 Å². The van der Waals surface area contributed by atoms with Crippen LogP contribution in [-0.2, 0) is 4.79 Å². The number of aryl methyl sites for hydroxylation is 2. The minimum absolute atomic E-state index is 0.0228. The van der Waals surface area contributed by atoms with Crippen LogP contribution in [0.4, 0.5) is 10.1 Å². The Morgan fingerprint density at radius 3 is 2.67 bits per heavy atom. The largest absolute Gasteiger partial charge is 0.389 e. The molecule has 1 heterocycles. The molecule has 0 aliphatic carbocycles. The Balaban J connectivity index is 2.22. The zero-order chi connectivity index (χ0) is 15.6. The van der Waals surface area contributed by atoms with Crippen LogP contribution in [0.5, 0.6) is 0 Å². The van der Waals surface area contributed by atoms with Crippen molar-refractivity contribution in [3.63, 3.8) is 0 Å². The van der Waals surface area contributed by atoms with Gasteiger partial charge < -0.3 is 11.1 Å². The highest BCUT2D eigenvalue weighted by atomic mass is 32.1. The molecule has 0 saturated carbocycles. The summed E-state index contributed by atoms with van der Waals surface area (Å²) >= 11 is 1.31. The van der Waals surface area contributed by atoms with Crippen molar-refractivity contribution in [2.24, 2.45) is 5.92 Å². The smallest absolute Gasteiger partial charge is 0.226 e. The zero-order valence-corrected chi connectivity index (χ0v) is 13.7. The number of nitrogen functional groups attached to an aromatic ring is 1. The lowest BCUT2D eigenvalue weighted by Gasteiger charge is -2.04. The maximum Gasteiger partial charge on any atom is 0.226 e. The number of carbonyl (C=O) groups excluding carboxylic acids is 1. The summed E-state index contributed by atoms with van der Waals surface area (Å²) in [5.74, 6) is 0.298. The molecule has 0 fully saturated rings. The van der Waals surface area contributed by atoms with E-state index in [0.717, 1.165) is 11.3 Å². The predicted molar refractivity (Wildman–Crippen MR) is 89.5 cm³/mol. The zero-order valence-electron chi connectivity index (χ0n) is 12.9. The maximum absolute atomic E-state index is 11.8. The molecule has 5 heteroatoms. The molecule has 0 saturated heterocycles. The van der Waals surface area contributed by atoms with Crippen LogP contribution < -0.4 is 11.1 Å². The maximum atomic E-state index is 11.8. The normalized spacial score (nSPS) is 10.9. The second-order valence-electron chi connectivity index (χ2n) is 5.68. The van der Waals surface area contributed by atoms with Crippen molar-refractivity contribution in [3.8, 4) is 11.3 Å². The van der Waals surface area contributed by atoms with Crippen LogP contribution in [0.25, 0.3) is 11.3 Å². The van der Waals surface area contributed by atoms with E-state index in [1.54, 1.807) is 0 Å². The lowest BCUT2D eigenvalue weighted by Crippen LogP contribution is -2.13. The van der Waals surface area contributed by atoms with Gasteiger partial charge in [0.05, 0.1) is 0 Å². The molecule has 21 heavy (non-hydrogen) atoms. The first-order chi connectivity index (χ1) is 9.86. The Morgan fingerprint density at radius 1 is 1.33 bits per heavy atom. The van der Waals surface area contributed by atoms with Gasteiger partial charge in [0.1, 0.15) is 10.7 Å². The highest BCUT2D eigenvalue weighted by Gasteiger charge is 2.13. The minimum Gasteiger partial charge on any atom is -0.389 e. The number of carbonyl (C=O) groups is 1. The van der Waals surface area contributed by atoms with Crippen LogP contribution in [0.3, 0.4) is 0 Å². The van der Waals surface area contributed by atoms with Gasteiger partial charge in [-0.25, -0.2) is 4.98 Å². The second-order valence-corrected chi connectivity index (χ2v) is 6.71. The molecule has 0 spiro atoms. The molecule has 0 radical (unpaired) electrons. The summed E-state index contributed by atoms with van der Waals surface area (Å²) in [5, 5.41) is 4.00. The lowest BCUT2D eigenvalue weighted by molar-refractivity contribution is -0.116. The average molecular weight is 303 g/mol. The van der Waals surface area contributed by atoms with Gasteiger partial charge >= 0.3 is 0 Å². The third kappa shape index (κ3) is 3.82. The number of nitrogens with two attached hydrogens (primary N) is 1. The summed E-state index contributed by atoms with van der Waals surface area (Å²) in [7, 11) is 0. The molecule has 0 aliphatic rings. The Morgan fingerprint density at radius 2 is 2.05 bits per heavy atom. The summed E-state index contributed by atoms with van der Waals surface area (Å²) in [4.78, 5) is 16.3. The van der Waals surface area contributed by atoms with Gasteiger partial charge in [-0.05, 0) is 37.0 Å². The van der Waals surface area contributed by atoms with Crippen molar-refractivity contribution in [1.29, 1.82) is 0 Å². The number of hydrogen-bond acceptors (Lipinski definition) is 4. The molecule has 1 aromatic carbocycles. The van der Waals surface area contributed by atoms with Gasteiger partial charge in [0.15, 0.2) is 5.13 Å². The molecule has 1 aromatic heterocycles. The van der Waals surface area contributed by atoms with Gasteiger partial charge in [-0.1, -0.05) is 37.3 Å². The fourth-order valence-electron chi connectivity index (χ4n) is 2.02. The predicted octanol–water partition coefficient (Wildman–Crippen LogP) is 3.99. The van der Waals surface area contributed by atoms with Crippen molar-refractivity contribution in [3.05, 3.63) is 29.3 Å². The molecule has 4 nitrogen and oxygen atoms in total. The number of anilines is 2. The van der Waals surface area contributed by atoms with Gasteiger partial charge in [-0.2, -0.15) is 0 Å². The average Bonchev–Trinajstić information content (AvgIpc) is 2.72. The number of rotatable bonds is 4. The minimum atomic E-state index is -0.0228. The van der Waals surface area contributed by atoms with Gasteiger partial charge in [0.25, 0.3) is 0 Å². The van der Waals surface area contributed by atoms with Crippen molar-refractivity contribution in [1.82, 2.24) is 4.98 Å².